The van der Waals surface area contributed by atoms with Gasteiger partial charge in [0.15, 0.2) is 0 Å². The summed E-state index contributed by atoms with van der Waals surface area (Å²) in [5.74, 6) is 0.153. The number of aryl methyl sites for hydroxylation is 1. The zero-order valence-electron chi connectivity index (χ0n) is 9.85. The Bertz CT molecular complexity index is 391. The number of thioether (sulfide) groups is 1. The lowest BCUT2D eigenvalue weighted by molar-refractivity contribution is -0.138. The van der Waals surface area contributed by atoms with E-state index < -0.39 is 5.97 Å². The number of carboxylic acids is 1. The molecule has 1 saturated heterocycles. The minimum absolute atomic E-state index is 0.189. The van der Waals surface area contributed by atoms with Gasteiger partial charge >= 0.3 is 5.97 Å². The minimum atomic E-state index is -0.732. The third-order valence-electron chi connectivity index (χ3n) is 3.02. The molecule has 0 unspecified atom stereocenters. The fourth-order valence-electron chi connectivity index (χ4n) is 1.99. The molecule has 4 heteroatoms. The van der Waals surface area contributed by atoms with Gasteiger partial charge in [-0.2, -0.15) is 11.8 Å². The molecule has 0 saturated carbocycles. The molecule has 1 aromatic carbocycles. The molecule has 0 amide bonds. The summed E-state index contributed by atoms with van der Waals surface area (Å²) in [6, 6.07) is 8.03. The molecule has 1 heterocycles. The van der Waals surface area contributed by atoms with Gasteiger partial charge in [-0.05, 0) is 25.5 Å². The Morgan fingerprint density at radius 2 is 2.18 bits per heavy atom. The highest BCUT2D eigenvalue weighted by molar-refractivity contribution is 7.99. The number of carboxylic acid groups (broad SMARTS) is 1. The molecule has 0 spiro atoms. The van der Waals surface area contributed by atoms with Gasteiger partial charge < -0.3 is 10.4 Å². The monoisotopic (exact) mass is 251 g/mol. The van der Waals surface area contributed by atoms with Gasteiger partial charge in [-0.25, -0.2) is 0 Å². The maximum atomic E-state index is 11.0. The molecule has 0 aromatic heterocycles. The molecule has 92 valence electrons. The van der Waals surface area contributed by atoms with Crippen LogP contribution in [0.4, 0.5) is 0 Å². The van der Waals surface area contributed by atoms with Crippen molar-refractivity contribution in [1.29, 1.82) is 0 Å². The van der Waals surface area contributed by atoms with Crippen molar-refractivity contribution < 1.29 is 9.90 Å². The summed E-state index contributed by atoms with van der Waals surface area (Å²) in [4.78, 5) is 11.0. The predicted molar refractivity (Wildman–Crippen MR) is 70.3 cm³/mol. The highest BCUT2D eigenvalue weighted by Crippen LogP contribution is 2.26. The molecule has 0 radical (unpaired) electrons. The van der Waals surface area contributed by atoms with Gasteiger partial charge in [-0.1, -0.05) is 29.8 Å². The third kappa shape index (κ3) is 3.23. The van der Waals surface area contributed by atoms with Crippen LogP contribution in [0.3, 0.4) is 0 Å². The second-order valence-electron chi connectivity index (χ2n) is 4.39. The number of hydrogen-bond acceptors (Lipinski definition) is 3. The van der Waals surface area contributed by atoms with E-state index in [0.717, 1.165) is 18.7 Å². The Kier molecular flexibility index (Phi) is 4.07. The predicted octanol–water partition coefficient (Wildman–Crippen LogP) is 2.04. The van der Waals surface area contributed by atoms with Crippen molar-refractivity contribution in [3.05, 3.63) is 35.4 Å². The number of rotatable bonds is 4. The lowest BCUT2D eigenvalue weighted by Crippen LogP contribution is -2.36. The van der Waals surface area contributed by atoms with E-state index in [9.17, 15) is 4.79 Å². The topological polar surface area (TPSA) is 49.3 Å². The van der Waals surface area contributed by atoms with E-state index in [-0.39, 0.29) is 11.3 Å². The fraction of sp³-hybridized carbons (Fsp3) is 0.462. The molecule has 2 N–H and O–H groups in total. The van der Waals surface area contributed by atoms with Gasteiger partial charge in [0.05, 0.1) is 0 Å². The number of carbonyl (C=O) groups is 1. The summed E-state index contributed by atoms with van der Waals surface area (Å²) in [5, 5.41) is 12.3. The van der Waals surface area contributed by atoms with Crippen molar-refractivity contribution in [3.63, 3.8) is 0 Å². The molecular weight excluding hydrogens is 234 g/mol. The van der Waals surface area contributed by atoms with Crippen molar-refractivity contribution in [1.82, 2.24) is 5.32 Å². The van der Waals surface area contributed by atoms with Crippen molar-refractivity contribution in [3.8, 4) is 0 Å². The smallest absolute Gasteiger partial charge is 0.321 e. The lowest BCUT2D eigenvalue weighted by atomic mass is 10.2. The highest BCUT2D eigenvalue weighted by atomic mass is 32.2. The van der Waals surface area contributed by atoms with Gasteiger partial charge in [0.25, 0.3) is 0 Å². The van der Waals surface area contributed by atoms with Crippen LogP contribution in [0.15, 0.2) is 24.3 Å². The number of benzene rings is 1. The Morgan fingerprint density at radius 1 is 1.47 bits per heavy atom. The van der Waals surface area contributed by atoms with Crippen LogP contribution < -0.4 is 5.32 Å². The van der Waals surface area contributed by atoms with Crippen LogP contribution in [0, 0.1) is 6.92 Å². The molecule has 1 aliphatic rings. The van der Waals surface area contributed by atoms with Crippen LogP contribution in [-0.2, 0) is 10.5 Å². The van der Waals surface area contributed by atoms with Gasteiger partial charge in [0.2, 0.25) is 0 Å². The molecule has 1 aliphatic heterocycles. The molecule has 0 aliphatic carbocycles. The summed E-state index contributed by atoms with van der Waals surface area (Å²) >= 11 is 1.74. The first-order valence-electron chi connectivity index (χ1n) is 5.80. The van der Waals surface area contributed by atoms with Crippen LogP contribution in [0.5, 0.6) is 0 Å². The van der Waals surface area contributed by atoms with Crippen LogP contribution in [0.1, 0.15) is 17.5 Å². The van der Waals surface area contributed by atoms with Gasteiger partial charge in [0, 0.05) is 11.0 Å². The second kappa shape index (κ2) is 5.56. The molecule has 2 rings (SSSR count). The largest absolute Gasteiger partial charge is 0.480 e. The van der Waals surface area contributed by atoms with Crippen molar-refractivity contribution >= 4 is 17.7 Å². The molecule has 1 fully saturated rings. The number of aliphatic carboxylic acids is 1. The summed E-state index contributed by atoms with van der Waals surface area (Å²) in [6.45, 7) is 2.88. The summed E-state index contributed by atoms with van der Waals surface area (Å²) in [5.41, 5.74) is 2.52. The van der Waals surface area contributed by atoms with Gasteiger partial charge in [0.1, 0.15) is 6.04 Å². The zero-order chi connectivity index (χ0) is 12.3. The molecule has 17 heavy (non-hydrogen) atoms. The standard InChI is InChI=1S/C13H17NO2S/c1-9-2-4-10(5-3-9)8-17-11-6-7-14-12(11)13(15)16/h2-5,11-12,14H,6-8H2,1H3,(H,15,16)/t11-,12+/m0/s1. The maximum absolute atomic E-state index is 11.0. The minimum Gasteiger partial charge on any atom is -0.480 e. The van der Waals surface area contributed by atoms with E-state index in [1.165, 1.54) is 11.1 Å². The number of hydrogen-bond donors (Lipinski definition) is 2. The maximum Gasteiger partial charge on any atom is 0.321 e. The molecule has 0 bridgehead atoms. The average molecular weight is 251 g/mol. The summed E-state index contributed by atoms with van der Waals surface area (Å²) in [7, 11) is 0. The summed E-state index contributed by atoms with van der Waals surface area (Å²) < 4.78 is 0. The van der Waals surface area contributed by atoms with Gasteiger partial charge in [-0.3, -0.25) is 4.79 Å². The van der Waals surface area contributed by atoms with E-state index in [2.05, 4.69) is 36.5 Å². The van der Waals surface area contributed by atoms with Crippen LogP contribution >= 0.6 is 11.8 Å². The van der Waals surface area contributed by atoms with E-state index in [1.807, 2.05) is 0 Å². The normalized spacial score (nSPS) is 23.8. The van der Waals surface area contributed by atoms with E-state index in [4.69, 9.17) is 5.11 Å². The molecule has 3 nitrogen and oxygen atoms in total. The Morgan fingerprint density at radius 3 is 2.82 bits per heavy atom. The molecule has 2 atom stereocenters. The first-order chi connectivity index (χ1) is 8.16. The van der Waals surface area contributed by atoms with Crippen LogP contribution in [0.2, 0.25) is 0 Å². The summed E-state index contributed by atoms with van der Waals surface area (Å²) in [6.07, 6.45) is 0.938. The van der Waals surface area contributed by atoms with Crippen LogP contribution in [0.25, 0.3) is 0 Å². The molecular formula is C13H17NO2S. The molecule has 1 aromatic rings. The Labute approximate surface area is 106 Å². The van der Waals surface area contributed by atoms with Crippen molar-refractivity contribution in [2.75, 3.05) is 6.54 Å². The van der Waals surface area contributed by atoms with Crippen LogP contribution in [-0.4, -0.2) is 28.9 Å². The van der Waals surface area contributed by atoms with Crippen molar-refractivity contribution in [2.24, 2.45) is 0 Å². The number of nitrogens with one attached hydrogen (secondary N) is 1. The SMILES string of the molecule is Cc1ccc(CS[C@H]2CCN[C@H]2C(=O)O)cc1. The second-order valence-corrected chi connectivity index (χ2v) is 5.62. The third-order valence-corrected chi connectivity index (χ3v) is 4.45. The van der Waals surface area contributed by atoms with E-state index in [0.29, 0.717) is 0 Å². The quantitative estimate of drug-likeness (QED) is 0.860. The average Bonchev–Trinajstić information content (AvgIpc) is 2.76. The van der Waals surface area contributed by atoms with E-state index >= 15 is 0 Å². The van der Waals surface area contributed by atoms with E-state index in [1.54, 1.807) is 11.8 Å². The zero-order valence-corrected chi connectivity index (χ0v) is 10.7. The Hall–Kier alpha value is -1.00. The van der Waals surface area contributed by atoms with Gasteiger partial charge in [-0.15, -0.1) is 0 Å². The first-order valence-corrected chi connectivity index (χ1v) is 6.85. The van der Waals surface area contributed by atoms with Crippen molar-refractivity contribution in [2.45, 2.75) is 30.4 Å². The Balaban J connectivity index is 1.89. The first kappa shape index (κ1) is 12.5. The fourth-order valence-corrected chi connectivity index (χ4v) is 3.28. The highest BCUT2D eigenvalue weighted by Gasteiger charge is 2.32. The lowest BCUT2D eigenvalue weighted by Gasteiger charge is -2.14.